The van der Waals surface area contributed by atoms with Crippen molar-refractivity contribution in [2.24, 2.45) is 0 Å². The van der Waals surface area contributed by atoms with E-state index in [1.54, 1.807) is 7.11 Å². The summed E-state index contributed by atoms with van der Waals surface area (Å²) in [5.41, 5.74) is 0. The summed E-state index contributed by atoms with van der Waals surface area (Å²) in [6.45, 7) is 1.80. The molecule has 0 amide bonds. The lowest BCUT2D eigenvalue weighted by molar-refractivity contribution is 0.0642. The summed E-state index contributed by atoms with van der Waals surface area (Å²) in [7, 11) is 1.59. The average Bonchev–Trinajstić information content (AvgIpc) is 2.33. The first-order valence-electron chi connectivity index (χ1n) is 5.49. The smallest absolute Gasteiger partial charge is 0.200 e. The van der Waals surface area contributed by atoms with Crippen LogP contribution in [0.4, 0.5) is 8.78 Å². The van der Waals surface area contributed by atoms with Crippen LogP contribution in [0.3, 0.4) is 0 Å². The fourth-order valence-electron chi connectivity index (χ4n) is 1.22. The van der Waals surface area contributed by atoms with E-state index in [0.29, 0.717) is 30.7 Å². The molecule has 102 valence electrons. The van der Waals surface area contributed by atoms with E-state index in [2.05, 4.69) is 15.9 Å². The lowest BCUT2D eigenvalue weighted by Crippen LogP contribution is -2.07. The molecule has 0 saturated carbocycles. The van der Waals surface area contributed by atoms with E-state index >= 15 is 0 Å². The van der Waals surface area contributed by atoms with E-state index in [-0.39, 0.29) is 12.4 Å². The zero-order chi connectivity index (χ0) is 13.4. The summed E-state index contributed by atoms with van der Waals surface area (Å²) in [6, 6.07) is 2.44. The Bertz CT molecular complexity index is 375. The van der Waals surface area contributed by atoms with E-state index < -0.39 is 11.6 Å². The Morgan fingerprint density at radius 3 is 2.61 bits per heavy atom. The van der Waals surface area contributed by atoms with Crippen molar-refractivity contribution in [1.82, 2.24) is 0 Å². The second kappa shape index (κ2) is 8.39. The van der Waals surface area contributed by atoms with Crippen LogP contribution in [0, 0.1) is 11.6 Å². The van der Waals surface area contributed by atoms with Crippen LogP contribution in [-0.2, 0) is 9.47 Å². The van der Waals surface area contributed by atoms with Crippen molar-refractivity contribution < 1.29 is 23.0 Å². The van der Waals surface area contributed by atoms with Crippen LogP contribution in [-0.4, -0.2) is 33.5 Å². The Hall–Kier alpha value is -0.720. The summed E-state index contributed by atoms with van der Waals surface area (Å²) >= 11 is 3.07. The SMILES string of the molecule is COCCOCCCOc1cc(Br)cc(F)c1F. The van der Waals surface area contributed by atoms with E-state index in [9.17, 15) is 8.78 Å². The highest BCUT2D eigenvalue weighted by atomic mass is 79.9. The average molecular weight is 325 g/mol. The van der Waals surface area contributed by atoms with Crippen LogP contribution in [0.5, 0.6) is 5.75 Å². The minimum Gasteiger partial charge on any atom is -0.490 e. The van der Waals surface area contributed by atoms with Crippen molar-refractivity contribution >= 4 is 15.9 Å². The first kappa shape index (κ1) is 15.3. The topological polar surface area (TPSA) is 27.7 Å². The number of ether oxygens (including phenoxy) is 3. The summed E-state index contributed by atoms with van der Waals surface area (Å²) in [6.07, 6.45) is 0.595. The molecule has 6 heteroatoms. The molecule has 0 atom stereocenters. The summed E-state index contributed by atoms with van der Waals surface area (Å²) in [5.74, 6) is -2.01. The number of hydrogen-bond acceptors (Lipinski definition) is 3. The van der Waals surface area contributed by atoms with Gasteiger partial charge in [-0.05, 0) is 12.1 Å². The Kier molecular flexibility index (Phi) is 7.15. The van der Waals surface area contributed by atoms with Crippen LogP contribution >= 0.6 is 15.9 Å². The molecule has 0 aromatic heterocycles. The number of rotatable bonds is 8. The minimum absolute atomic E-state index is 0.0984. The molecule has 0 bridgehead atoms. The number of hydrogen-bond donors (Lipinski definition) is 0. The molecule has 3 nitrogen and oxygen atoms in total. The molecule has 0 aliphatic carbocycles. The van der Waals surface area contributed by atoms with Gasteiger partial charge in [0.1, 0.15) is 0 Å². The Morgan fingerprint density at radius 2 is 1.89 bits per heavy atom. The zero-order valence-electron chi connectivity index (χ0n) is 10.0. The molecule has 1 rings (SSSR count). The van der Waals surface area contributed by atoms with Gasteiger partial charge in [0, 0.05) is 24.6 Å². The molecule has 0 N–H and O–H groups in total. The number of benzene rings is 1. The predicted octanol–water partition coefficient (Wildman–Crippen LogP) is 3.16. The second-order valence-corrected chi connectivity index (χ2v) is 4.42. The molecule has 0 fully saturated rings. The van der Waals surface area contributed by atoms with Crippen molar-refractivity contribution in [3.63, 3.8) is 0 Å². The van der Waals surface area contributed by atoms with Gasteiger partial charge >= 0.3 is 0 Å². The molecule has 1 aromatic rings. The number of halogens is 3. The maximum atomic E-state index is 13.3. The largest absolute Gasteiger partial charge is 0.490 e. The highest BCUT2D eigenvalue weighted by Gasteiger charge is 2.10. The monoisotopic (exact) mass is 324 g/mol. The van der Waals surface area contributed by atoms with E-state index in [1.165, 1.54) is 6.07 Å². The first-order valence-corrected chi connectivity index (χ1v) is 6.28. The molecule has 1 aromatic carbocycles. The Morgan fingerprint density at radius 1 is 1.11 bits per heavy atom. The van der Waals surface area contributed by atoms with Gasteiger partial charge in [-0.25, -0.2) is 4.39 Å². The highest BCUT2D eigenvalue weighted by Crippen LogP contribution is 2.25. The predicted molar refractivity (Wildman–Crippen MR) is 66.9 cm³/mol. The molecule has 0 radical (unpaired) electrons. The third-order valence-electron chi connectivity index (χ3n) is 2.08. The number of methoxy groups -OCH3 is 1. The van der Waals surface area contributed by atoms with Gasteiger partial charge in [-0.3, -0.25) is 0 Å². The summed E-state index contributed by atoms with van der Waals surface area (Å²) in [4.78, 5) is 0. The molecule has 0 spiro atoms. The Balaban J connectivity index is 2.27. The van der Waals surface area contributed by atoms with Gasteiger partial charge in [-0.15, -0.1) is 0 Å². The van der Waals surface area contributed by atoms with Gasteiger partial charge in [0.15, 0.2) is 11.6 Å². The Labute approximate surface area is 113 Å². The van der Waals surface area contributed by atoms with E-state index in [0.717, 1.165) is 6.07 Å². The van der Waals surface area contributed by atoms with Crippen molar-refractivity contribution in [2.75, 3.05) is 33.5 Å². The van der Waals surface area contributed by atoms with E-state index in [4.69, 9.17) is 14.2 Å². The third-order valence-corrected chi connectivity index (χ3v) is 2.54. The lowest BCUT2D eigenvalue weighted by Gasteiger charge is -2.08. The molecule has 18 heavy (non-hydrogen) atoms. The summed E-state index contributed by atoms with van der Waals surface area (Å²) < 4.78 is 41.9. The van der Waals surface area contributed by atoms with Crippen LogP contribution in [0.15, 0.2) is 16.6 Å². The molecule has 0 unspecified atom stereocenters. The highest BCUT2D eigenvalue weighted by molar-refractivity contribution is 9.10. The van der Waals surface area contributed by atoms with Crippen LogP contribution in [0.1, 0.15) is 6.42 Å². The van der Waals surface area contributed by atoms with Gasteiger partial charge in [0.05, 0.1) is 19.8 Å². The van der Waals surface area contributed by atoms with Crippen molar-refractivity contribution in [2.45, 2.75) is 6.42 Å². The molecular weight excluding hydrogens is 310 g/mol. The molecule has 0 aliphatic rings. The van der Waals surface area contributed by atoms with Gasteiger partial charge in [0.25, 0.3) is 0 Å². The van der Waals surface area contributed by atoms with E-state index in [1.807, 2.05) is 0 Å². The van der Waals surface area contributed by atoms with Crippen LogP contribution in [0.2, 0.25) is 0 Å². The van der Waals surface area contributed by atoms with Crippen LogP contribution < -0.4 is 4.74 Å². The maximum Gasteiger partial charge on any atom is 0.200 e. The van der Waals surface area contributed by atoms with Gasteiger partial charge in [-0.2, -0.15) is 4.39 Å². The minimum atomic E-state index is -0.974. The standard InChI is InChI=1S/C12H15BrF2O3/c1-16-5-6-17-3-2-4-18-11-8-9(13)7-10(14)12(11)15/h7-8H,2-6H2,1H3. The van der Waals surface area contributed by atoms with Gasteiger partial charge in [-0.1, -0.05) is 15.9 Å². The maximum absolute atomic E-state index is 13.3. The van der Waals surface area contributed by atoms with Crippen molar-refractivity contribution in [3.05, 3.63) is 28.2 Å². The molecule has 0 saturated heterocycles. The first-order chi connectivity index (χ1) is 8.65. The van der Waals surface area contributed by atoms with Crippen LogP contribution in [0.25, 0.3) is 0 Å². The summed E-state index contributed by atoms with van der Waals surface area (Å²) in [5, 5.41) is 0. The third kappa shape index (κ3) is 5.29. The zero-order valence-corrected chi connectivity index (χ0v) is 11.6. The van der Waals surface area contributed by atoms with Crippen molar-refractivity contribution in [1.29, 1.82) is 0 Å². The molecular formula is C12H15BrF2O3. The fraction of sp³-hybridized carbons (Fsp3) is 0.500. The van der Waals surface area contributed by atoms with Crippen molar-refractivity contribution in [3.8, 4) is 5.75 Å². The normalized spacial score (nSPS) is 10.7. The second-order valence-electron chi connectivity index (χ2n) is 3.51. The quantitative estimate of drug-likeness (QED) is 0.543. The fourth-order valence-corrected chi connectivity index (χ4v) is 1.63. The molecule has 0 aliphatic heterocycles. The van der Waals surface area contributed by atoms with Gasteiger partial charge < -0.3 is 14.2 Å². The molecule has 0 heterocycles. The lowest BCUT2D eigenvalue weighted by atomic mass is 10.3. The van der Waals surface area contributed by atoms with Gasteiger partial charge in [0.2, 0.25) is 5.82 Å².